The number of hydrogen-bond acceptors (Lipinski definition) is 3. The van der Waals surface area contributed by atoms with E-state index in [2.05, 4.69) is 64.0 Å². The van der Waals surface area contributed by atoms with Gasteiger partial charge in [0.1, 0.15) is 16.8 Å². The van der Waals surface area contributed by atoms with Crippen molar-refractivity contribution in [3.05, 3.63) is 107 Å². The SMILES string of the molecule is c1ccc2c(c1)Cc1cc3c(cc1-2)Cc1c-3ccc2c3cccnc3n3c4ncccc4nc3c12. The third-order valence-electron chi connectivity index (χ3n) is 7.92. The van der Waals surface area contributed by atoms with E-state index in [1.54, 1.807) is 0 Å². The summed E-state index contributed by atoms with van der Waals surface area (Å²) in [5, 5.41) is 3.56. The van der Waals surface area contributed by atoms with Gasteiger partial charge in [-0.05, 0) is 99.1 Å². The van der Waals surface area contributed by atoms with E-state index >= 15 is 0 Å². The normalized spacial score (nSPS) is 13.5. The third kappa shape index (κ3) is 2.15. The molecule has 3 aromatic carbocycles. The van der Waals surface area contributed by atoms with Crippen molar-refractivity contribution in [2.45, 2.75) is 12.8 Å². The van der Waals surface area contributed by atoms with Crippen molar-refractivity contribution in [2.75, 3.05) is 0 Å². The Hall–Kier alpha value is -4.57. The zero-order valence-electron chi connectivity index (χ0n) is 18.8. The lowest BCUT2D eigenvalue weighted by Crippen LogP contribution is -1.97. The molecule has 7 aromatic rings. The molecule has 4 heteroatoms. The van der Waals surface area contributed by atoms with E-state index in [1.807, 2.05) is 30.6 Å². The minimum absolute atomic E-state index is 0.858. The monoisotopic (exact) mass is 446 g/mol. The molecule has 2 aliphatic rings. The van der Waals surface area contributed by atoms with Gasteiger partial charge in [0, 0.05) is 23.2 Å². The maximum absolute atomic E-state index is 5.09. The predicted molar refractivity (Wildman–Crippen MR) is 140 cm³/mol. The van der Waals surface area contributed by atoms with Crippen LogP contribution in [0.2, 0.25) is 0 Å². The lowest BCUT2D eigenvalue weighted by Gasteiger charge is -2.11. The molecule has 2 aliphatic carbocycles. The second kappa shape index (κ2) is 6.10. The van der Waals surface area contributed by atoms with Gasteiger partial charge < -0.3 is 0 Å². The molecule has 0 fully saturated rings. The quantitative estimate of drug-likeness (QED) is 0.243. The fourth-order valence-electron chi connectivity index (χ4n) is 6.45. The van der Waals surface area contributed by atoms with Crippen LogP contribution in [-0.4, -0.2) is 19.4 Å². The molecule has 9 rings (SSSR count). The largest absolute Gasteiger partial charge is 0.260 e. The third-order valence-corrected chi connectivity index (χ3v) is 7.92. The van der Waals surface area contributed by atoms with Crippen LogP contribution in [0.5, 0.6) is 0 Å². The average molecular weight is 447 g/mol. The van der Waals surface area contributed by atoms with Gasteiger partial charge in [-0.3, -0.25) is 4.40 Å². The second-order valence-corrected chi connectivity index (χ2v) is 9.68. The van der Waals surface area contributed by atoms with E-state index in [4.69, 9.17) is 9.97 Å². The number of rotatable bonds is 0. The van der Waals surface area contributed by atoms with Crippen molar-refractivity contribution in [1.82, 2.24) is 19.4 Å². The first-order valence-electron chi connectivity index (χ1n) is 12.0. The average Bonchev–Trinajstić information content (AvgIpc) is 3.58. The molecule has 4 aromatic heterocycles. The van der Waals surface area contributed by atoms with Crippen LogP contribution < -0.4 is 0 Å². The van der Waals surface area contributed by atoms with E-state index in [9.17, 15) is 0 Å². The molecule has 0 spiro atoms. The lowest BCUT2D eigenvalue weighted by atomic mass is 9.97. The highest BCUT2D eigenvalue weighted by molar-refractivity contribution is 6.16. The maximum Gasteiger partial charge on any atom is 0.166 e. The van der Waals surface area contributed by atoms with E-state index < -0.39 is 0 Å². The summed E-state index contributed by atoms with van der Waals surface area (Å²) < 4.78 is 2.15. The molecule has 35 heavy (non-hydrogen) atoms. The van der Waals surface area contributed by atoms with Gasteiger partial charge in [0.25, 0.3) is 0 Å². The van der Waals surface area contributed by atoms with Gasteiger partial charge in [0.2, 0.25) is 0 Å². The zero-order valence-corrected chi connectivity index (χ0v) is 18.8. The highest BCUT2D eigenvalue weighted by Gasteiger charge is 2.28. The Morgan fingerprint density at radius 1 is 0.571 bits per heavy atom. The van der Waals surface area contributed by atoms with Gasteiger partial charge in [-0.25, -0.2) is 15.0 Å². The van der Waals surface area contributed by atoms with E-state index in [0.29, 0.717) is 0 Å². The van der Waals surface area contributed by atoms with Crippen LogP contribution in [-0.2, 0) is 12.8 Å². The van der Waals surface area contributed by atoms with E-state index in [-0.39, 0.29) is 0 Å². The molecule has 4 nitrogen and oxygen atoms in total. The summed E-state index contributed by atoms with van der Waals surface area (Å²) in [6.45, 7) is 0. The second-order valence-electron chi connectivity index (χ2n) is 9.68. The van der Waals surface area contributed by atoms with Gasteiger partial charge in [-0.15, -0.1) is 0 Å². The van der Waals surface area contributed by atoms with Gasteiger partial charge in [0.05, 0.1) is 0 Å². The summed E-state index contributed by atoms with van der Waals surface area (Å²) in [6, 6.07) is 26.4. The summed E-state index contributed by atoms with van der Waals surface area (Å²) in [5.41, 5.74) is 14.7. The van der Waals surface area contributed by atoms with Crippen LogP contribution in [0.3, 0.4) is 0 Å². The highest BCUT2D eigenvalue weighted by atomic mass is 15.1. The molecule has 0 N–H and O–H groups in total. The molecule has 0 saturated carbocycles. The fraction of sp³-hybridized carbons (Fsp3) is 0.0645. The Labute approximate surface area is 200 Å². The van der Waals surface area contributed by atoms with Crippen molar-refractivity contribution < 1.29 is 0 Å². The topological polar surface area (TPSA) is 43.1 Å². The number of pyridine rings is 3. The molecule has 0 aliphatic heterocycles. The highest BCUT2D eigenvalue weighted by Crippen LogP contribution is 2.47. The Kier molecular flexibility index (Phi) is 3.11. The first kappa shape index (κ1) is 17.8. The minimum atomic E-state index is 0.858. The Balaban J connectivity index is 1.40. The summed E-state index contributed by atoms with van der Waals surface area (Å²) in [6.07, 6.45) is 5.61. The zero-order chi connectivity index (χ0) is 22.7. The van der Waals surface area contributed by atoms with E-state index in [0.717, 1.165) is 40.7 Å². The minimum Gasteiger partial charge on any atom is -0.260 e. The van der Waals surface area contributed by atoms with E-state index in [1.165, 1.54) is 55.3 Å². The van der Waals surface area contributed by atoms with Crippen LogP contribution in [0.15, 0.2) is 85.2 Å². The summed E-state index contributed by atoms with van der Waals surface area (Å²) >= 11 is 0. The number of imidazole rings is 1. The number of aromatic nitrogens is 4. The molecular formula is C31H18N4. The predicted octanol–water partition coefficient (Wildman–Crippen LogP) is 6.73. The van der Waals surface area contributed by atoms with Crippen molar-refractivity contribution in [3.8, 4) is 22.3 Å². The van der Waals surface area contributed by atoms with Gasteiger partial charge >= 0.3 is 0 Å². The number of benzene rings is 3. The van der Waals surface area contributed by atoms with Crippen molar-refractivity contribution >= 4 is 38.6 Å². The summed E-state index contributed by atoms with van der Waals surface area (Å²) in [7, 11) is 0. The fourth-order valence-corrected chi connectivity index (χ4v) is 6.45. The molecular weight excluding hydrogens is 428 g/mol. The van der Waals surface area contributed by atoms with Crippen LogP contribution in [0.1, 0.15) is 22.3 Å². The Morgan fingerprint density at radius 3 is 2.31 bits per heavy atom. The molecule has 0 amide bonds. The summed E-state index contributed by atoms with van der Waals surface area (Å²) in [4.78, 5) is 14.5. The summed E-state index contributed by atoms with van der Waals surface area (Å²) in [5.74, 6) is 0. The number of nitrogens with zero attached hydrogens (tertiary/aromatic N) is 4. The van der Waals surface area contributed by atoms with Crippen molar-refractivity contribution in [2.24, 2.45) is 0 Å². The molecule has 0 bridgehead atoms. The lowest BCUT2D eigenvalue weighted by molar-refractivity contribution is 1.19. The van der Waals surface area contributed by atoms with Gasteiger partial charge in [-0.2, -0.15) is 0 Å². The van der Waals surface area contributed by atoms with Gasteiger partial charge in [-0.1, -0.05) is 36.4 Å². The van der Waals surface area contributed by atoms with Crippen LogP contribution >= 0.6 is 0 Å². The molecule has 4 heterocycles. The molecule has 0 saturated heterocycles. The van der Waals surface area contributed by atoms with Crippen molar-refractivity contribution in [3.63, 3.8) is 0 Å². The standard InChI is InChI=1S/C31H18N4/c1-2-6-20-17(5-1)13-18-14-25-19(15-24(18)20)16-26-21(25)9-10-22-23-7-3-11-32-29(23)35-30-27(8-4-12-33-30)34-31(35)28(22)26/h1-12,14-15H,13,16H2. The number of hydrogen-bond donors (Lipinski definition) is 0. The first-order chi connectivity index (χ1) is 17.3. The smallest absolute Gasteiger partial charge is 0.166 e. The van der Waals surface area contributed by atoms with Crippen LogP contribution in [0.4, 0.5) is 0 Å². The Bertz CT molecular complexity index is 2070. The first-order valence-corrected chi connectivity index (χ1v) is 12.0. The maximum atomic E-state index is 5.09. The molecule has 0 unspecified atom stereocenters. The van der Waals surface area contributed by atoms with Crippen molar-refractivity contribution in [1.29, 1.82) is 0 Å². The number of fused-ring (bicyclic) bond motifs is 15. The van der Waals surface area contributed by atoms with Crippen LogP contribution in [0.25, 0.3) is 60.9 Å². The molecule has 0 atom stereocenters. The molecule has 0 radical (unpaired) electrons. The Morgan fingerprint density at radius 2 is 1.37 bits per heavy atom. The molecule has 162 valence electrons. The van der Waals surface area contributed by atoms with Gasteiger partial charge in [0.15, 0.2) is 5.65 Å². The van der Waals surface area contributed by atoms with Crippen LogP contribution in [0, 0.1) is 0 Å².